The summed E-state index contributed by atoms with van der Waals surface area (Å²) in [4.78, 5) is 12.7. The Hall–Kier alpha value is -0.370. The molecule has 1 saturated heterocycles. The number of rotatable bonds is 5. The molecule has 0 aromatic heterocycles. The molecule has 0 spiro atoms. The first-order valence-corrected chi connectivity index (χ1v) is 7.73. The highest BCUT2D eigenvalue weighted by molar-refractivity contribution is 5.85. The minimum absolute atomic E-state index is 0.0481. The van der Waals surface area contributed by atoms with Gasteiger partial charge in [0.05, 0.1) is 0 Å². The fraction of sp³-hybridized carbons (Fsp3) is 0.938. The van der Waals surface area contributed by atoms with Crippen LogP contribution in [0.25, 0.3) is 0 Å². The van der Waals surface area contributed by atoms with Crippen molar-refractivity contribution >= 4 is 5.78 Å². The number of ether oxygens (including phenoxy) is 1. The molecule has 1 heterocycles. The van der Waals surface area contributed by atoms with E-state index in [4.69, 9.17) is 4.74 Å². The van der Waals surface area contributed by atoms with Gasteiger partial charge < -0.3 is 4.74 Å². The summed E-state index contributed by atoms with van der Waals surface area (Å²) in [6, 6.07) is 0. The smallest absolute Gasteiger partial charge is 0.139 e. The normalized spacial score (nSPS) is 24.6. The van der Waals surface area contributed by atoms with Gasteiger partial charge in [-0.3, -0.25) is 4.79 Å². The van der Waals surface area contributed by atoms with E-state index in [1.165, 1.54) is 12.8 Å². The highest BCUT2D eigenvalue weighted by atomic mass is 16.5. The van der Waals surface area contributed by atoms with E-state index in [2.05, 4.69) is 13.8 Å². The molecule has 1 saturated carbocycles. The van der Waals surface area contributed by atoms with E-state index in [-0.39, 0.29) is 5.41 Å². The number of carbonyl (C=O) groups is 1. The molecule has 0 unspecified atom stereocenters. The number of carbonyl (C=O) groups excluding carboxylic acids is 1. The van der Waals surface area contributed by atoms with Crippen molar-refractivity contribution in [1.82, 2.24) is 0 Å². The Bertz CT molecular complexity index is 271. The fourth-order valence-corrected chi connectivity index (χ4v) is 3.86. The largest absolute Gasteiger partial charge is 0.381 e. The standard InChI is InChI=1S/C16H28O2/c1-13(2)12-16(7-3-4-8-16)15(17)11-14-5-9-18-10-6-14/h13-14H,3-12H2,1-2H3. The quantitative estimate of drug-likeness (QED) is 0.740. The second-order valence-electron chi connectivity index (χ2n) is 6.77. The van der Waals surface area contributed by atoms with E-state index in [0.717, 1.165) is 51.7 Å². The van der Waals surface area contributed by atoms with Crippen molar-refractivity contribution in [3.8, 4) is 0 Å². The molecule has 2 rings (SSSR count). The second-order valence-corrected chi connectivity index (χ2v) is 6.77. The zero-order valence-electron chi connectivity index (χ0n) is 12.0. The maximum absolute atomic E-state index is 12.7. The topological polar surface area (TPSA) is 26.3 Å². The summed E-state index contributed by atoms with van der Waals surface area (Å²) >= 11 is 0. The SMILES string of the molecule is CC(C)CC1(C(=O)CC2CCOCC2)CCCC1. The molecular formula is C16H28O2. The molecule has 0 radical (unpaired) electrons. The summed E-state index contributed by atoms with van der Waals surface area (Å²) in [7, 11) is 0. The van der Waals surface area contributed by atoms with Crippen LogP contribution in [0.4, 0.5) is 0 Å². The molecule has 1 aliphatic heterocycles. The molecule has 0 aromatic carbocycles. The molecule has 1 aliphatic carbocycles. The lowest BCUT2D eigenvalue weighted by molar-refractivity contribution is -0.131. The van der Waals surface area contributed by atoms with E-state index < -0.39 is 0 Å². The Morgan fingerprint density at radius 1 is 1.22 bits per heavy atom. The van der Waals surface area contributed by atoms with E-state index in [0.29, 0.717) is 17.6 Å². The maximum Gasteiger partial charge on any atom is 0.139 e. The van der Waals surface area contributed by atoms with Crippen LogP contribution in [0.15, 0.2) is 0 Å². The molecule has 2 aliphatic rings. The number of ketones is 1. The van der Waals surface area contributed by atoms with Crippen LogP contribution in [0.5, 0.6) is 0 Å². The molecule has 0 amide bonds. The van der Waals surface area contributed by atoms with Crippen molar-refractivity contribution in [3.63, 3.8) is 0 Å². The van der Waals surface area contributed by atoms with Crippen LogP contribution in [0.2, 0.25) is 0 Å². The van der Waals surface area contributed by atoms with Gasteiger partial charge in [0.15, 0.2) is 0 Å². The first kappa shape index (κ1) is 14.0. The first-order chi connectivity index (χ1) is 8.62. The molecule has 0 atom stereocenters. The van der Waals surface area contributed by atoms with Crippen molar-refractivity contribution in [2.24, 2.45) is 17.3 Å². The van der Waals surface area contributed by atoms with Crippen molar-refractivity contribution in [1.29, 1.82) is 0 Å². The predicted molar refractivity (Wildman–Crippen MR) is 73.5 cm³/mol. The van der Waals surface area contributed by atoms with Crippen LogP contribution in [-0.4, -0.2) is 19.0 Å². The highest BCUT2D eigenvalue weighted by Crippen LogP contribution is 2.45. The van der Waals surface area contributed by atoms with Gasteiger partial charge in [0.2, 0.25) is 0 Å². The maximum atomic E-state index is 12.7. The first-order valence-electron chi connectivity index (χ1n) is 7.73. The van der Waals surface area contributed by atoms with Gasteiger partial charge in [0.25, 0.3) is 0 Å². The lowest BCUT2D eigenvalue weighted by Crippen LogP contribution is -2.32. The lowest BCUT2D eigenvalue weighted by atomic mass is 9.72. The van der Waals surface area contributed by atoms with E-state index in [1.54, 1.807) is 0 Å². The summed E-state index contributed by atoms with van der Waals surface area (Å²) in [5, 5.41) is 0. The zero-order chi connectivity index (χ0) is 13.0. The number of hydrogen-bond donors (Lipinski definition) is 0. The Morgan fingerprint density at radius 3 is 2.39 bits per heavy atom. The minimum Gasteiger partial charge on any atom is -0.381 e. The van der Waals surface area contributed by atoms with Crippen molar-refractivity contribution < 1.29 is 9.53 Å². The van der Waals surface area contributed by atoms with E-state index >= 15 is 0 Å². The van der Waals surface area contributed by atoms with Gasteiger partial charge in [-0.15, -0.1) is 0 Å². The highest BCUT2D eigenvalue weighted by Gasteiger charge is 2.41. The van der Waals surface area contributed by atoms with Crippen molar-refractivity contribution in [2.75, 3.05) is 13.2 Å². The molecule has 104 valence electrons. The van der Waals surface area contributed by atoms with Crippen molar-refractivity contribution in [3.05, 3.63) is 0 Å². The van der Waals surface area contributed by atoms with Gasteiger partial charge in [0, 0.05) is 25.0 Å². The van der Waals surface area contributed by atoms with Crippen LogP contribution in [0.1, 0.15) is 65.2 Å². The number of hydrogen-bond acceptors (Lipinski definition) is 2. The third-order valence-electron chi connectivity index (χ3n) is 4.77. The predicted octanol–water partition coefficient (Wildman–Crippen LogP) is 3.98. The molecule has 2 fully saturated rings. The third kappa shape index (κ3) is 3.34. The molecule has 2 nitrogen and oxygen atoms in total. The van der Waals surface area contributed by atoms with Gasteiger partial charge in [-0.2, -0.15) is 0 Å². The number of Topliss-reactive ketones (excluding diaryl/α,β-unsaturated/α-hetero) is 1. The average molecular weight is 252 g/mol. The van der Waals surface area contributed by atoms with E-state index in [9.17, 15) is 4.79 Å². The average Bonchev–Trinajstić information content (AvgIpc) is 2.79. The summed E-state index contributed by atoms with van der Waals surface area (Å²) in [5.74, 6) is 1.80. The monoisotopic (exact) mass is 252 g/mol. The van der Waals surface area contributed by atoms with Gasteiger partial charge in [0.1, 0.15) is 5.78 Å². The molecule has 0 aromatic rings. The lowest BCUT2D eigenvalue weighted by Gasteiger charge is -2.32. The molecule has 18 heavy (non-hydrogen) atoms. The van der Waals surface area contributed by atoms with Gasteiger partial charge in [-0.25, -0.2) is 0 Å². The van der Waals surface area contributed by atoms with Gasteiger partial charge >= 0.3 is 0 Å². The van der Waals surface area contributed by atoms with Crippen LogP contribution in [0.3, 0.4) is 0 Å². The molecular weight excluding hydrogens is 224 g/mol. The Kier molecular flexibility index (Phi) is 4.83. The Labute approximate surface area is 111 Å². The summed E-state index contributed by atoms with van der Waals surface area (Å²) in [6.07, 6.45) is 8.90. The Balaban J connectivity index is 1.95. The van der Waals surface area contributed by atoms with Crippen LogP contribution >= 0.6 is 0 Å². The summed E-state index contributed by atoms with van der Waals surface area (Å²) in [6.45, 7) is 6.22. The van der Waals surface area contributed by atoms with Crippen LogP contribution < -0.4 is 0 Å². The Morgan fingerprint density at radius 2 is 1.83 bits per heavy atom. The third-order valence-corrected chi connectivity index (χ3v) is 4.77. The second kappa shape index (κ2) is 6.18. The minimum atomic E-state index is 0.0481. The van der Waals surface area contributed by atoms with Gasteiger partial charge in [-0.05, 0) is 43.9 Å². The van der Waals surface area contributed by atoms with Crippen LogP contribution in [-0.2, 0) is 9.53 Å². The zero-order valence-corrected chi connectivity index (χ0v) is 12.0. The van der Waals surface area contributed by atoms with E-state index in [1.807, 2.05) is 0 Å². The molecule has 0 bridgehead atoms. The summed E-state index contributed by atoms with van der Waals surface area (Å²) in [5.41, 5.74) is 0.0481. The molecule has 0 N–H and O–H groups in total. The van der Waals surface area contributed by atoms with Crippen LogP contribution in [0, 0.1) is 17.3 Å². The fourth-order valence-electron chi connectivity index (χ4n) is 3.86. The summed E-state index contributed by atoms with van der Waals surface area (Å²) < 4.78 is 5.39. The molecule has 2 heteroatoms. The van der Waals surface area contributed by atoms with Crippen molar-refractivity contribution in [2.45, 2.75) is 65.2 Å². The van der Waals surface area contributed by atoms with Gasteiger partial charge in [-0.1, -0.05) is 26.7 Å².